The zero-order valence-electron chi connectivity index (χ0n) is 25.1. The van der Waals surface area contributed by atoms with Crippen LogP contribution in [0, 0.1) is 34.5 Å². The number of nitrogens with zero attached hydrogens (tertiary/aromatic N) is 2. The number of hydrogen-bond donors (Lipinski definition) is 1. The van der Waals surface area contributed by atoms with Crippen molar-refractivity contribution >= 4 is 23.8 Å². The summed E-state index contributed by atoms with van der Waals surface area (Å²) in [7, 11) is 0. The standard InChI is InChI=1S/C31H49N3O5/c1-8-16-33(17-9-2)27(37)32-26(36)24-11-10-22-21-19-34(28(38)39-29(3,4)5)25-18-20(35)12-14-31(25,7)23(21)13-15-30(22,24)6/h18,21-24H,8-17,19H2,1-7H3,(H,32,36,37)/t21-,22-,23+,24?,30-,31+/m0/s1. The third-order valence-corrected chi connectivity index (χ3v) is 10.1. The topological polar surface area (TPSA) is 96.0 Å². The first-order valence-electron chi connectivity index (χ1n) is 15.1. The number of amides is 4. The molecule has 8 nitrogen and oxygen atoms in total. The Hall–Kier alpha value is -2.38. The molecule has 1 N–H and O–H groups in total. The molecule has 4 aliphatic rings. The van der Waals surface area contributed by atoms with E-state index in [1.165, 1.54) is 0 Å². The number of allylic oxidation sites excluding steroid dienone is 2. The number of fused-ring (bicyclic) bond motifs is 5. The third-order valence-electron chi connectivity index (χ3n) is 10.1. The van der Waals surface area contributed by atoms with Gasteiger partial charge in [-0.05, 0) is 88.9 Å². The average Bonchev–Trinajstić information content (AvgIpc) is 3.20. The molecule has 39 heavy (non-hydrogen) atoms. The second-order valence-corrected chi connectivity index (χ2v) is 13.8. The zero-order valence-corrected chi connectivity index (χ0v) is 25.1. The smallest absolute Gasteiger partial charge is 0.414 e. The maximum atomic E-state index is 13.6. The number of ketones is 1. The van der Waals surface area contributed by atoms with Crippen molar-refractivity contribution in [3.8, 4) is 0 Å². The second-order valence-electron chi connectivity index (χ2n) is 13.8. The van der Waals surface area contributed by atoms with Crippen LogP contribution < -0.4 is 5.32 Å². The predicted molar refractivity (Wildman–Crippen MR) is 150 cm³/mol. The number of urea groups is 1. The van der Waals surface area contributed by atoms with Crippen molar-refractivity contribution in [2.24, 2.45) is 34.5 Å². The molecule has 0 aromatic heterocycles. The minimum Gasteiger partial charge on any atom is -0.443 e. The van der Waals surface area contributed by atoms with Crippen molar-refractivity contribution in [3.63, 3.8) is 0 Å². The number of piperidine rings is 1. The van der Waals surface area contributed by atoms with Crippen LogP contribution in [0.5, 0.6) is 0 Å². The summed E-state index contributed by atoms with van der Waals surface area (Å²) in [5, 5.41) is 2.75. The van der Waals surface area contributed by atoms with Gasteiger partial charge < -0.3 is 9.64 Å². The average molecular weight is 544 g/mol. The Morgan fingerprint density at radius 3 is 2.33 bits per heavy atom. The van der Waals surface area contributed by atoms with Crippen molar-refractivity contribution in [3.05, 3.63) is 11.8 Å². The summed E-state index contributed by atoms with van der Waals surface area (Å²) in [6.07, 6.45) is 7.70. The van der Waals surface area contributed by atoms with E-state index in [1.807, 2.05) is 34.6 Å². The molecule has 1 saturated heterocycles. The molecule has 0 bridgehead atoms. The first kappa shape index (κ1) is 29.6. The molecule has 0 spiro atoms. The van der Waals surface area contributed by atoms with Gasteiger partial charge in [0.25, 0.3) is 0 Å². The van der Waals surface area contributed by atoms with E-state index in [-0.39, 0.29) is 46.3 Å². The molecule has 4 amide bonds. The maximum Gasteiger partial charge on any atom is 0.414 e. The number of likely N-dealkylation sites (tertiary alicyclic amines) is 1. The largest absolute Gasteiger partial charge is 0.443 e. The molecule has 1 heterocycles. The van der Waals surface area contributed by atoms with E-state index in [9.17, 15) is 19.2 Å². The van der Waals surface area contributed by atoms with Crippen LogP contribution in [0.1, 0.15) is 99.8 Å². The van der Waals surface area contributed by atoms with Crippen LogP contribution >= 0.6 is 0 Å². The highest BCUT2D eigenvalue weighted by atomic mass is 16.6. The fourth-order valence-corrected chi connectivity index (χ4v) is 8.35. The molecule has 218 valence electrons. The van der Waals surface area contributed by atoms with Crippen molar-refractivity contribution in [2.75, 3.05) is 19.6 Å². The molecule has 2 saturated carbocycles. The predicted octanol–water partition coefficient (Wildman–Crippen LogP) is 5.91. The molecule has 1 unspecified atom stereocenters. The van der Waals surface area contributed by atoms with Crippen LogP contribution in [0.25, 0.3) is 0 Å². The first-order chi connectivity index (χ1) is 18.2. The van der Waals surface area contributed by atoms with Gasteiger partial charge in [-0.1, -0.05) is 27.7 Å². The van der Waals surface area contributed by atoms with E-state index in [0.29, 0.717) is 32.0 Å². The molecule has 0 aromatic rings. The summed E-state index contributed by atoms with van der Waals surface area (Å²) in [6, 6.07) is -0.285. The van der Waals surface area contributed by atoms with Crippen molar-refractivity contribution < 1.29 is 23.9 Å². The number of hydrogen-bond acceptors (Lipinski definition) is 5. The lowest BCUT2D eigenvalue weighted by Crippen LogP contribution is -2.60. The van der Waals surface area contributed by atoms with E-state index in [1.54, 1.807) is 15.9 Å². The summed E-state index contributed by atoms with van der Waals surface area (Å²) in [4.78, 5) is 56.0. The normalized spacial score (nSPS) is 33.9. The summed E-state index contributed by atoms with van der Waals surface area (Å²) in [5.74, 6) is 0.474. The molecule has 8 heteroatoms. The van der Waals surface area contributed by atoms with Gasteiger partial charge in [0, 0.05) is 49.2 Å². The quantitative estimate of drug-likeness (QED) is 0.465. The van der Waals surface area contributed by atoms with Gasteiger partial charge in [0.2, 0.25) is 5.91 Å². The van der Waals surface area contributed by atoms with Crippen LogP contribution in [0.3, 0.4) is 0 Å². The third kappa shape index (κ3) is 5.49. The van der Waals surface area contributed by atoms with E-state index in [4.69, 9.17) is 4.74 Å². The Labute approximate surface area is 234 Å². The molecule has 3 aliphatic carbocycles. The number of nitrogens with one attached hydrogen (secondary N) is 1. The Morgan fingerprint density at radius 2 is 1.72 bits per heavy atom. The second kappa shape index (κ2) is 10.9. The monoisotopic (exact) mass is 543 g/mol. The SMILES string of the molecule is CCCN(CCC)C(=O)NC(=O)C1CC[C@H]2[C@@H]3CN(C(=O)OC(C)(C)C)C4=CC(=O)CC[C@]4(C)[C@@H]3CC[C@]12C. The highest BCUT2D eigenvalue weighted by molar-refractivity contribution is 5.96. The van der Waals surface area contributed by atoms with E-state index < -0.39 is 11.7 Å². The van der Waals surface area contributed by atoms with Gasteiger partial charge in [-0.25, -0.2) is 9.59 Å². The van der Waals surface area contributed by atoms with Crippen LogP contribution in [-0.4, -0.2) is 58.8 Å². The molecule has 4 rings (SSSR count). The highest BCUT2D eigenvalue weighted by Crippen LogP contribution is 2.65. The molecule has 0 radical (unpaired) electrons. The summed E-state index contributed by atoms with van der Waals surface area (Å²) in [5.41, 5.74) is -0.362. The minimum atomic E-state index is -0.642. The van der Waals surface area contributed by atoms with Crippen molar-refractivity contribution in [1.82, 2.24) is 15.1 Å². The minimum absolute atomic E-state index is 0.0672. The van der Waals surface area contributed by atoms with Gasteiger partial charge in [0.05, 0.1) is 0 Å². The fraction of sp³-hybridized carbons (Fsp3) is 0.806. The molecule has 3 fully saturated rings. The number of rotatable bonds is 5. The summed E-state index contributed by atoms with van der Waals surface area (Å²) in [6.45, 7) is 15.9. The Bertz CT molecular complexity index is 1030. The van der Waals surface area contributed by atoms with E-state index in [2.05, 4.69) is 19.2 Å². The number of carbonyl (C=O) groups excluding carboxylic acids is 4. The van der Waals surface area contributed by atoms with Gasteiger partial charge >= 0.3 is 12.1 Å². The van der Waals surface area contributed by atoms with Crippen LogP contribution in [0.2, 0.25) is 0 Å². The van der Waals surface area contributed by atoms with Gasteiger partial charge in [0.1, 0.15) is 5.60 Å². The molecule has 0 aromatic carbocycles. The number of ether oxygens (including phenoxy) is 1. The van der Waals surface area contributed by atoms with Crippen molar-refractivity contribution in [1.29, 1.82) is 0 Å². The van der Waals surface area contributed by atoms with E-state index in [0.717, 1.165) is 50.6 Å². The van der Waals surface area contributed by atoms with E-state index >= 15 is 0 Å². The van der Waals surface area contributed by atoms with Crippen LogP contribution in [-0.2, 0) is 14.3 Å². The Kier molecular flexibility index (Phi) is 8.26. The Morgan fingerprint density at radius 1 is 1.05 bits per heavy atom. The van der Waals surface area contributed by atoms with Gasteiger partial charge in [0.15, 0.2) is 5.78 Å². The zero-order chi connectivity index (χ0) is 28.8. The van der Waals surface area contributed by atoms with Gasteiger partial charge in [-0.3, -0.25) is 19.8 Å². The van der Waals surface area contributed by atoms with Crippen LogP contribution in [0.4, 0.5) is 9.59 Å². The lowest BCUT2D eigenvalue weighted by molar-refractivity contribution is -0.133. The highest BCUT2D eigenvalue weighted by Gasteiger charge is 2.62. The fourth-order valence-electron chi connectivity index (χ4n) is 8.35. The summed E-state index contributed by atoms with van der Waals surface area (Å²) < 4.78 is 5.82. The number of imide groups is 1. The van der Waals surface area contributed by atoms with Crippen LogP contribution in [0.15, 0.2) is 11.8 Å². The molecular formula is C31H49N3O5. The summed E-state index contributed by atoms with van der Waals surface area (Å²) >= 11 is 0. The molecule has 1 aliphatic heterocycles. The van der Waals surface area contributed by atoms with Crippen molar-refractivity contribution in [2.45, 2.75) is 105 Å². The molecular weight excluding hydrogens is 494 g/mol. The lowest BCUT2D eigenvalue weighted by atomic mass is 9.49. The number of carbonyl (C=O) groups is 4. The van der Waals surface area contributed by atoms with Gasteiger partial charge in [-0.2, -0.15) is 0 Å². The Balaban J connectivity index is 1.59. The van der Waals surface area contributed by atoms with Gasteiger partial charge in [-0.15, -0.1) is 0 Å². The lowest BCUT2D eigenvalue weighted by Gasteiger charge is -2.60. The first-order valence-corrected chi connectivity index (χ1v) is 15.1. The molecule has 6 atom stereocenters. The maximum absolute atomic E-state index is 13.6.